The molecule has 0 aliphatic rings. The Morgan fingerprint density at radius 3 is 2.75 bits per heavy atom. The summed E-state index contributed by atoms with van der Waals surface area (Å²) >= 11 is 6.01. The standard InChI is InChI=1S/C16H16ClNO2/c1-11(19)18-8-7-12-5-6-15(20)10-16(12)13-3-2-4-14(17)9-13/h2-6,9-10,20H,7-8H2,1H3,(H,18,19). The summed E-state index contributed by atoms with van der Waals surface area (Å²) in [4.78, 5) is 10.9. The van der Waals surface area contributed by atoms with Crippen molar-refractivity contribution in [1.29, 1.82) is 0 Å². The summed E-state index contributed by atoms with van der Waals surface area (Å²) in [5, 5.41) is 13.1. The average Bonchev–Trinajstić information content (AvgIpc) is 2.40. The fourth-order valence-corrected chi connectivity index (χ4v) is 2.27. The summed E-state index contributed by atoms with van der Waals surface area (Å²) in [7, 11) is 0. The topological polar surface area (TPSA) is 49.3 Å². The van der Waals surface area contributed by atoms with Gasteiger partial charge in [-0.2, -0.15) is 0 Å². The van der Waals surface area contributed by atoms with Gasteiger partial charge in [0, 0.05) is 18.5 Å². The highest BCUT2D eigenvalue weighted by atomic mass is 35.5. The average molecular weight is 290 g/mol. The molecule has 104 valence electrons. The number of nitrogens with one attached hydrogen (secondary N) is 1. The molecule has 0 unspecified atom stereocenters. The number of aromatic hydroxyl groups is 1. The van der Waals surface area contributed by atoms with E-state index in [2.05, 4.69) is 5.32 Å². The van der Waals surface area contributed by atoms with Crippen LogP contribution in [0, 0.1) is 0 Å². The molecular weight excluding hydrogens is 274 g/mol. The number of halogens is 1. The van der Waals surface area contributed by atoms with E-state index in [1.54, 1.807) is 12.1 Å². The van der Waals surface area contributed by atoms with Crippen LogP contribution < -0.4 is 5.32 Å². The lowest BCUT2D eigenvalue weighted by Crippen LogP contribution is -2.22. The van der Waals surface area contributed by atoms with E-state index in [4.69, 9.17) is 11.6 Å². The summed E-state index contributed by atoms with van der Waals surface area (Å²) in [6, 6.07) is 12.7. The molecule has 0 radical (unpaired) electrons. The first-order valence-corrected chi connectivity index (χ1v) is 6.76. The highest BCUT2D eigenvalue weighted by Crippen LogP contribution is 2.29. The Morgan fingerprint density at radius 1 is 1.25 bits per heavy atom. The van der Waals surface area contributed by atoms with E-state index in [1.165, 1.54) is 6.92 Å². The molecule has 0 saturated carbocycles. The van der Waals surface area contributed by atoms with Crippen molar-refractivity contribution in [3.8, 4) is 16.9 Å². The minimum atomic E-state index is -0.0481. The fourth-order valence-electron chi connectivity index (χ4n) is 2.08. The Labute approximate surface area is 123 Å². The molecule has 2 rings (SSSR count). The van der Waals surface area contributed by atoms with Crippen LogP contribution in [0.5, 0.6) is 5.75 Å². The summed E-state index contributed by atoms with van der Waals surface area (Å²) in [5.74, 6) is 0.163. The van der Waals surface area contributed by atoms with Gasteiger partial charge in [0.15, 0.2) is 0 Å². The lowest BCUT2D eigenvalue weighted by atomic mass is 9.97. The molecule has 4 heteroatoms. The zero-order valence-electron chi connectivity index (χ0n) is 11.2. The van der Waals surface area contributed by atoms with Gasteiger partial charge >= 0.3 is 0 Å². The SMILES string of the molecule is CC(=O)NCCc1ccc(O)cc1-c1cccc(Cl)c1. The Balaban J connectivity index is 2.30. The van der Waals surface area contributed by atoms with Crippen LogP contribution in [0.15, 0.2) is 42.5 Å². The van der Waals surface area contributed by atoms with Gasteiger partial charge in [-0.1, -0.05) is 29.8 Å². The van der Waals surface area contributed by atoms with Crippen LogP contribution >= 0.6 is 11.6 Å². The van der Waals surface area contributed by atoms with Crippen LogP contribution in [0.3, 0.4) is 0 Å². The van der Waals surface area contributed by atoms with Gasteiger partial charge in [0.2, 0.25) is 5.91 Å². The number of amides is 1. The van der Waals surface area contributed by atoms with Gasteiger partial charge in [-0.05, 0) is 47.4 Å². The van der Waals surface area contributed by atoms with Gasteiger partial charge in [0.05, 0.1) is 0 Å². The molecule has 0 heterocycles. The van der Waals surface area contributed by atoms with E-state index in [0.29, 0.717) is 18.0 Å². The van der Waals surface area contributed by atoms with Crippen LogP contribution in [-0.4, -0.2) is 17.6 Å². The van der Waals surface area contributed by atoms with Crippen molar-refractivity contribution in [3.63, 3.8) is 0 Å². The van der Waals surface area contributed by atoms with Gasteiger partial charge in [-0.3, -0.25) is 4.79 Å². The molecule has 0 aromatic heterocycles. The summed E-state index contributed by atoms with van der Waals surface area (Å²) < 4.78 is 0. The molecule has 0 atom stereocenters. The van der Waals surface area contributed by atoms with Crippen molar-refractivity contribution in [2.75, 3.05) is 6.54 Å². The minimum absolute atomic E-state index is 0.0481. The third-order valence-electron chi connectivity index (χ3n) is 3.00. The summed E-state index contributed by atoms with van der Waals surface area (Å²) in [5.41, 5.74) is 2.93. The van der Waals surface area contributed by atoms with Crippen LogP contribution in [-0.2, 0) is 11.2 Å². The van der Waals surface area contributed by atoms with Crippen LogP contribution in [0.4, 0.5) is 0 Å². The number of carbonyl (C=O) groups is 1. The van der Waals surface area contributed by atoms with Crippen molar-refractivity contribution in [2.24, 2.45) is 0 Å². The molecular formula is C16H16ClNO2. The number of phenolic OH excluding ortho intramolecular Hbond substituents is 1. The zero-order chi connectivity index (χ0) is 14.5. The van der Waals surface area contributed by atoms with Crippen LogP contribution in [0.1, 0.15) is 12.5 Å². The zero-order valence-corrected chi connectivity index (χ0v) is 11.9. The van der Waals surface area contributed by atoms with Crippen molar-refractivity contribution >= 4 is 17.5 Å². The highest BCUT2D eigenvalue weighted by molar-refractivity contribution is 6.30. The first-order valence-electron chi connectivity index (χ1n) is 6.38. The minimum Gasteiger partial charge on any atom is -0.508 e. The van der Waals surface area contributed by atoms with Crippen LogP contribution in [0.2, 0.25) is 5.02 Å². The largest absolute Gasteiger partial charge is 0.508 e. The second-order valence-corrected chi connectivity index (χ2v) is 5.02. The van der Waals surface area contributed by atoms with Crippen molar-refractivity contribution < 1.29 is 9.90 Å². The van der Waals surface area contributed by atoms with E-state index in [0.717, 1.165) is 16.7 Å². The number of carbonyl (C=O) groups excluding carboxylic acids is 1. The third-order valence-corrected chi connectivity index (χ3v) is 3.23. The predicted octanol–water partition coefficient (Wildman–Crippen LogP) is 3.39. The van der Waals surface area contributed by atoms with E-state index in [1.807, 2.05) is 30.3 Å². The molecule has 3 nitrogen and oxygen atoms in total. The lowest BCUT2D eigenvalue weighted by molar-refractivity contribution is -0.118. The Hall–Kier alpha value is -2.00. The van der Waals surface area contributed by atoms with Crippen molar-refractivity contribution in [1.82, 2.24) is 5.32 Å². The molecule has 0 fully saturated rings. The molecule has 2 aromatic rings. The molecule has 0 aliphatic carbocycles. The fraction of sp³-hybridized carbons (Fsp3) is 0.188. The number of hydrogen-bond donors (Lipinski definition) is 2. The lowest BCUT2D eigenvalue weighted by Gasteiger charge is -2.11. The second kappa shape index (κ2) is 6.44. The molecule has 0 spiro atoms. The smallest absolute Gasteiger partial charge is 0.216 e. The van der Waals surface area contributed by atoms with E-state index in [9.17, 15) is 9.90 Å². The molecule has 0 bridgehead atoms. The first kappa shape index (κ1) is 14.4. The van der Waals surface area contributed by atoms with Gasteiger partial charge in [0.1, 0.15) is 5.75 Å². The number of hydrogen-bond acceptors (Lipinski definition) is 2. The second-order valence-electron chi connectivity index (χ2n) is 4.58. The van der Waals surface area contributed by atoms with Gasteiger partial charge < -0.3 is 10.4 Å². The van der Waals surface area contributed by atoms with Gasteiger partial charge in [0.25, 0.3) is 0 Å². The molecule has 2 aromatic carbocycles. The summed E-state index contributed by atoms with van der Waals surface area (Å²) in [6.45, 7) is 2.06. The summed E-state index contributed by atoms with van der Waals surface area (Å²) in [6.07, 6.45) is 0.696. The van der Waals surface area contributed by atoms with Gasteiger partial charge in [-0.15, -0.1) is 0 Å². The maximum Gasteiger partial charge on any atom is 0.216 e. The first-order chi connectivity index (χ1) is 9.56. The molecule has 2 N–H and O–H groups in total. The van der Waals surface area contributed by atoms with E-state index in [-0.39, 0.29) is 11.7 Å². The molecule has 0 saturated heterocycles. The number of rotatable bonds is 4. The van der Waals surface area contributed by atoms with E-state index < -0.39 is 0 Å². The number of phenols is 1. The van der Waals surface area contributed by atoms with Gasteiger partial charge in [-0.25, -0.2) is 0 Å². The highest BCUT2D eigenvalue weighted by Gasteiger charge is 2.07. The Kier molecular flexibility index (Phi) is 4.64. The van der Waals surface area contributed by atoms with Crippen molar-refractivity contribution in [3.05, 3.63) is 53.1 Å². The van der Waals surface area contributed by atoms with Crippen molar-refractivity contribution in [2.45, 2.75) is 13.3 Å². The predicted molar refractivity (Wildman–Crippen MR) is 80.9 cm³/mol. The number of benzene rings is 2. The normalized spacial score (nSPS) is 10.3. The van der Waals surface area contributed by atoms with Crippen LogP contribution in [0.25, 0.3) is 11.1 Å². The Bertz CT molecular complexity index is 626. The quantitative estimate of drug-likeness (QED) is 0.906. The maximum absolute atomic E-state index is 10.9. The molecule has 20 heavy (non-hydrogen) atoms. The maximum atomic E-state index is 10.9. The van der Waals surface area contributed by atoms with E-state index >= 15 is 0 Å². The third kappa shape index (κ3) is 3.75. The monoisotopic (exact) mass is 289 g/mol. The molecule has 0 aliphatic heterocycles. The molecule has 1 amide bonds. The Morgan fingerprint density at radius 2 is 2.05 bits per heavy atom.